The van der Waals surface area contributed by atoms with Crippen molar-refractivity contribution >= 4 is 15.7 Å². The van der Waals surface area contributed by atoms with Crippen LogP contribution in [-0.2, 0) is 14.6 Å². The van der Waals surface area contributed by atoms with E-state index in [4.69, 9.17) is 0 Å². The second-order valence-electron chi connectivity index (χ2n) is 4.91. The number of hydrogen-bond donors (Lipinski definition) is 1. The zero-order valence-corrected chi connectivity index (χ0v) is 12.0. The first-order chi connectivity index (χ1) is 9.37. The quantitative estimate of drug-likeness (QED) is 0.869. The molecule has 0 aromatic heterocycles. The van der Waals surface area contributed by atoms with Crippen LogP contribution < -0.4 is 5.32 Å². The maximum atomic E-state index is 12.9. The van der Waals surface area contributed by atoms with Crippen molar-refractivity contribution in [1.82, 2.24) is 10.2 Å². The number of benzene rings is 1. The summed E-state index contributed by atoms with van der Waals surface area (Å²) >= 11 is 0. The predicted molar refractivity (Wildman–Crippen MR) is 73.2 cm³/mol. The molecule has 2 rings (SSSR count). The van der Waals surface area contributed by atoms with Crippen molar-refractivity contribution in [2.24, 2.45) is 0 Å². The van der Waals surface area contributed by atoms with Crippen LogP contribution in [-0.4, -0.2) is 44.3 Å². The second kappa shape index (κ2) is 5.88. The van der Waals surface area contributed by atoms with E-state index in [0.717, 1.165) is 5.56 Å². The maximum absolute atomic E-state index is 12.9. The Bertz CT molecular complexity index is 586. The lowest BCUT2D eigenvalue weighted by atomic mass is 10.1. The highest BCUT2D eigenvalue weighted by molar-refractivity contribution is 7.90. The van der Waals surface area contributed by atoms with Gasteiger partial charge in [-0.2, -0.15) is 0 Å². The molecule has 1 amide bonds. The van der Waals surface area contributed by atoms with E-state index in [-0.39, 0.29) is 30.2 Å². The molecule has 7 heteroatoms. The van der Waals surface area contributed by atoms with Gasteiger partial charge in [-0.15, -0.1) is 0 Å². The molecule has 1 unspecified atom stereocenters. The van der Waals surface area contributed by atoms with Crippen LogP contribution in [0.3, 0.4) is 0 Å². The summed E-state index contributed by atoms with van der Waals surface area (Å²) in [4.78, 5) is 13.4. The van der Waals surface area contributed by atoms with E-state index in [1.807, 2.05) is 0 Å². The standard InChI is InChI=1S/C13H17FN2O3S/c1-20(18,19)8-2-7-16-12(17)9-15-13(16)10-3-5-11(14)6-4-10/h3-6,13,15H,2,7-9H2,1H3. The molecule has 1 aliphatic heterocycles. The fourth-order valence-corrected chi connectivity index (χ4v) is 2.89. The van der Waals surface area contributed by atoms with Gasteiger partial charge >= 0.3 is 0 Å². The van der Waals surface area contributed by atoms with Crippen LogP contribution in [0.25, 0.3) is 0 Å². The van der Waals surface area contributed by atoms with E-state index in [9.17, 15) is 17.6 Å². The van der Waals surface area contributed by atoms with E-state index in [1.165, 1.54) is 18.4 Å². The Hall–Kier alpha value is -1.47. The Kier molecular flexibility index (Phi) is 4.39. The monoisotopic (exact) mass is 300 g/mol. The topological polar surface area (TPSA) is 66.5 Å². The first kappa shape index (κ1) is 14.9. The molecular weight excluding hydrogens is 283 g/mol. The molecule has 1 saturated heterocycles. The number of nitrogens with zero attached hydrogens (tertiary/aromatic N) is 1. The Balaban J connectivity index is 2.05. The highest BCUT2D eigenvalue weighted by Gasteiger charge is 2.31. The van der Waals surface area contributed by atoms with Gasteiger partial charge in [0.15, 0.2) is 0 Å². The lowest BCUT2D eigenvalue weighted by Crippen LogP contribution is -2.32. The maximum Gasteiger partial charge on any atom is 0.238 e. The molecule has 0 bridgehead atoms. The zero-order chi connectivity index (χ0) is 14.8. The number of halogens is 1. The third kappa shape index (κ3) is 3.77. The molecule has 1 aromatic carbocycles. The average molecular weight is 300 g/mol. The molecule has 0 spiro atoms. The fraction of sp³-hybridized carbons (Fsp3) is 0.462. The minimum Gasteiger partial charge on any atom is -0.322 e. The normalized spacial score (nSPS) is 19.6. The lowest BCUT2D eigenvalue weighted by molar-refractivity contribution is -0.128. The first-order valence-corrected chi connectivity index (χ1v) is 8.39. The van der Waals surface area contributed by atoms with Crippen molar-refractivity contribution in [2.45, 2.75) is 12.6 Å². The summed E-state index contributed by atoms with van der Waals surface area (Å²) in [5.74, 6) is -0.359. The molecule has 1 aliphatic rings. The molecule has 110 valence electrons. The highest BCUT2D eigenvalue weighted by atomic mass is 32.2. The third-order valence-electron chi connectivity index (χ3n) is 3.18. The first-order valence-electron chi connectivity index (χ1n) is 6.33. The summed E-state index contributed by atoms with van der Waals surface area (Å²) in [5, 5.41) is 3.04. The molecule has 0 aliphatic carbocycles. The van der Waals surface area contributed by atoms with Gasteiger partial charge in [-0.25, -0.2) is 12.8 Å². The van der Waals surface area contributed by atoms with Gasteiger partial charge in [0.1, 0.15) is 21.8 Å². The Morgan fingerprint density at radius 3 is 2.60 bits per heavy atom. The Labute approximate surface area is 117 Å². The van der Waals surface area contributed by atoms with Crippen molar-refractivity contribution in [3.63, 3.8) is 0 Å². The molecule has 1 atom stereocenters. The van der Waals surface area contributed by atoms with E-state index >= 15 is 0 Å². The number of sulfone groups is 1. The van der Waals surface area contributed by atoms with Crippen molar-refractivity contribution < 1.29 is 17.6 Å². The van der Waals surface area contributed by atoms with Gasteiger partial charge in [0.25, 0.3) is 0 Å². The van der Waals surface area contributed by atoms with Gasteiger partial charge in [-0.05, 0) is 24.1 Å². The van der Waals surface area contributed by atoms with Crippen molar-refractivity contribution in [3.05, 3.63) is 35.6 Å². The van der Waals surface area contributed by atoms with Crippen LogP contribution in [0.1, 0.15) is 18.2 Å². The lowest BCUT2D eigenvalue weighted by Gasteiger charge is -2.24. The molecule has 0 saturated carbocycles. The van der Waals surface area contributed by atoms with Crippen LogP contribution in [0.4, 0.5) is 4.39 Å². The number of carbonyl (C=O) groups excluding carboxylic acids is 1. The van der Waals surface area contributed by atoms with Gasteiger partial charge < -0.3 is 4.90 Å². The fourth-order valence-electron chi connectivity index (χ4n) is 2.23. The van der Waals surface area contributed by atoms with Crippen LogP contribution >= 0.6 is 0 Å². The number of carbonyl (C=O) groups is 1. The molecule has 1 N–H and O–H groups in total. The number of hydrogen-bond acceptors (Lipinski definition) is 4. The summed E-state index contributed by atoms with van der Waals surface area (Å²) in [6.07, 6.45) is 1.25. The molecular formula is C13H17FN2O3S. The van der Waals surface area contributed by atoms with E-state index in [2.05, 4.69) is 5.32 Å². The van der Waals surface area contributed by atoms with Gasteiger partial charge in [-0.3, -0.25) is 10.1 Å². The SMILES string of the molecule is CS(=O)(=O)CCCN1C(=O)CNC1c1ccc(F)cc1. The molecule has 5 nitrogen and oxygen atoms in total. The van der Waals surface area contributed by atoms with Gasteiger partial charge in [0.2, 0.25) is 5.91 Å². The molecule has 1 fully saturated rings. The Morgan fingerprint density at radius 2 is 2.00 bits per heavy atom. The predicted octanol–water partition coefficient (Wildman–Crippen LogP) is 0.691. The van der Waals surface area contributed by atoms with E-state index in [1.54, 1.807) is 17.0 Å². The summed E-state index contributed by atoms with van der Waals surface area (Å²) in [6, 6.07) is 5.92. The number of nitrogens with one attached hydrogen (secondary N) is 1. The number of rotatable bonds is 5. The van der Waals surface area contributed by atoms with Crippen molar-refractivity contribution in [3.8, 4) is 0 Å². The summed E-state index contributed by atoms with van der Waals surface area (Å²) < 4.78 is 35.1. The second-order valence-corrected chi connectivity index (χ2v) is 7.17. The molecule has 0 radical (unpaired) electrons. The molecule has 1 heterocycles. The summed E-state index contributed by atoms with van der Waals surface area (Å²) in [5.41, 5.74) is 0.789. The van der Waals surface area contributed by atoms with Crippen LogP contribution in [0.5, 0.6) is 0 Å². The van der Waals surface area contributed by atoms with Gasteiger partial charge in [-0.1, -0.05) is 12.1 Å². The smallest absolute Gasteiger partial charge is 0.238 e. The summed E-state index contributed by atoms with van der Waals surface area (Å²) in [7, 11) is -3.03. The molecule has 1 aromatic rings. The highest BCUT2D eigenvalue weighted by Crippen LogP contribution is 2.22. The van der Waals surface area contributed by atoms with Crippen LogP contribution in [0.15, 0.2) is 24.3 Å². The average Bonchev–Trinajstić information content (AvgIpc) is 2.71. The van der Waals surface area contributed by atoms with Gasteiger partial charge in [0.05, 0.1) is 12.3 Å². The van der Waals surface area contributed by atoms with Crippen molar-refractivity contribution in [1.29, 1.82) is 0 Å². The zero-order valence-electron chi connectivity index (χ0n) is 11.2. The Morgan fingerprint density at radius 1 is 1.35 bits per heavy atom. The van der Waals surface area contributed by atoms with Gasteiger partial charge in [0, 0.05) is 12.8 Å². The number of amides is 1. The molecule has 20 heavy (non-hydrogen) atoms. The van der Waals surface area contributed by atoms with E-state index in [0.29, 0.717) is 13.0 Å². The largest absolute Gasteiger partial charge is 0.322 e. The third-order valence-corrected chi connectivity index (χ3v) is 4.21. The van der Waals surface area contributed by atoms with Crippen molar-refractivity contribution in [2.75, 3.05) is 25.1 Å². The minimum atomic E-state index is -3.03. The van der Waals surface area contributed by atoms with Crippen LogP contribution in [0.2, 0.25) is 0 Å². The minimum absolute atomic E-state index is 0.0485. The van der Waals surface area contributed by atoms with E-state index < -0.39 is 9.84 Å². The van der Waals surface area contributed by atoms with Crippen LogP contribution in [0, 0.1) is 5.82 Å². The summed E-state index contributed by atoms with van der Waals surface area (Å²) in [6.45, 7) is 0.571.